The zero-order valence-electron chi connectivity index (χ0n) is 10.1. The smallest absolute Gasteiger partial charge is 0.255 e. The lowest BCUT2D eigenvalue weighted by molar-refractivity contribution is 0.0710. The molecule has 0 radical (unpaired) electrons. The summed E-state index contributed by atoms with van der Waals surface area (Å²) in [4.78, 5) is 13.6. The molecule has 0 bridgehead atoms. The lowest BCUT2D eigenvalue weighted by Gasteiger charge is -2.17. The van der Waals surface area contributed by atoms with Crippen LogP contribution in [0.25, 0.3) is 0 Å². The molecule has 0 saturated carbocycles. The van der Waals surface area contributed by atoms with E-state index in [1.165, 1.54) is 0 Å². The number of nitrogen functional groups attached to an aromatic ring is 1. The molecule has 0 aliphatic rings. The van der Waals surface area contributed by atoms with E-state index >= 15 is 0 Å². The molecule has 0 saturated heterocycles. The summed E-state index contributed by atoms with van der Waals surface area (Å²) >= 11 is 5.96. The zero-order valence-corrected chi connectivity index (χ0v) is 10.8. The number of rotatable bonds is 5. The summed E-state index contributed by atoms with van der Waals surface area (Å²) in [5.74, 6) is -0.151. The Morgan fingerprint density at radius 2 is 2.24 bits per heavy atom. The van der Waals surface area contributed by atoms with E-state index in [9.17, 15) is 4.79 Å². The van der Waals surface area contributed by atoms with Gasteiger partial charge in [0.25, 0.3) is 5.91 Å². The van der Waals surface area contributed by atoms with Crippen molar-refractivity contribution in [2.45, 2.75) is 6.92 Å². The highest BCUT2D eigenvalue weighted by Crippen LogP contribution is 2.20. The largest absolute Gasteiger partial charge is 0.399 e. The van der Waals surface area contributed by atoms with E-state index in [4.69, 9.17) is 22.1 Å². The number of benzene rings is 1. The molecule has 5 heteroatoms. The van der Waals surface area contributed by atoms with Gasteiger partial charge in [0.05, 0.1) is 17.2 Å². The standard InChI is InChI=1S/C12H17ClN2O2/c1-3-17-7-6-15(2)12(16)10-8-9(14)4-5-11(10)13/h4-5,8H,3,6-7,14H2,1-2H3. The summed E-state index contributed by atoms with van der Waals surface area (Å²) in [6.07, 6.45) is 0. The fourth-order valence-corrected chi connectivity index (χ4v) is 1.56. The fourth-order valence-electron chi connectivity index (χ4n) is 1.36. The molecule has 0 aromatic heterocycles. The molecular formula is C12H17ClN2O2. The van der Waals surface area contributed by atoms with Gasteiger partial charge in [-0.15, -0.1) is 0 Å². The predicted octanol–water partition coefficient (Wildman–Crippen LogP) is 2.03. The van der Waals surface area contributed by atoms with Gasteiger partial charge in [-0.05, 0) is 25.1 Å². The lowest BCUT2D eigenvalue weighted by Crippen LogP contribution is -2.30. The molecule has 1 aromatic carbocycles. The Hall–Kier alpha value is -1.26. The molecule has 0 aliphatic heterocycles. The van der Waals surface area contributed by atoms with Crippen molar-refractivity contribution in [3.63, 3.8) is 0 Å². The number of amides is 1. The highest BCUT2D eigenvalue weighted by molar-refractivity contribution is 6.33. The van der Waals surface area contributed by atoms with Crippen molar-refractivity contribution in [2.24, 2.45) is 0 Å². The van der Waals surface area contributed by atoms with Crippen LogP contribution < -0.4 is 5.73 Å². The second-order valence-electron chi connectivity index (χ2n) is 3.66. The number of hydrogen-bond donors (Lipinski definition) is 1. The molecular weight excluding hydrogens is 240 g/mol. The first-order valence-electron chi connectivity index (χ1n) is 5.44. The van der Waals surface area contributed by atoms with E-state index in [0.717, 1.165) is 0 Å². The molecule has 17 heavy (non-hydrogen) atoms. The van der Waals surface area contributed by atoms with Crippen LogP contribution in [0.5, 0.6) is 0 Å². The Morgan fingerprint density at radius 3 is 2.88 bits per heavy atom. The van der Waals surface area contributed by atoms with Crippen molar-refractivity contribution in [1.82, 2.24) is 4.90 Å². The first-order valence-corrected chi connectivity index (χ1v) is 5.82. The zero-order chi connectivity index (χ0) is 12.8. The molecule has 0 heterocycles. The first-order chi connectivity index (χ1) is 8.06. The maximum Gasteiger partial charge on any atom is 0.255 e. The molecule has 1 rings (SSSR count). The fraction of sp³-hybridized carbons (Fsp3) is 0.417. The van der Waals surface area contributed by atoms with Gasteiger partial charge in [0.2, 0.25) is 0 Å². The highest BCUT2D eigenvalue weighted by atomic mass is 35.5. The number of anilines is 1. The van der Waals surface area contributed by atoms with Crippen LogP contribution in [0.3, 0.4) is 0 Å². The lowest BCUT2D eigenvalue weighted by atomic mass is 10.2. The van der Waals surface area contributed by atoms with Crippen LogP contribution in [0, 0.1) is 0 Å². The molecule has 1 aromatic rings. The molecule has 0 spiro atoms. The quantitative estimate of drug-likeness (QED) is 0.648. The van der Waals surface area contributed by atoms with Gasteiger partial charge < -0.3 is 15.4 Å². The van der Waals surface area contributed by atoms with E-state index in [1.54, 1.807) is 30.1 Å². The predicted molar refractivity (Wildman–Crippen MR) is 69.3 cm³/mol. The Labute approximate surface area is 106 Å². The minimum atomic E-state index is -0.151. The minimum Gasteiger partial charge on any atom is -0.399 e. The average Bonchev–Trinajstić information content (AvgIpc) is 2.31. The molecule has 0 unspecified atom stereocenters. The third-order valence-corrected chi connectivity index (χ3v) is 2.67. The van der Waals surface area contributed by atoms with Crippen molar-refractivity contribution in [3.05, 3.63) is 28.8 Å². The number of hydrogen-bond acceptors (Lipinski definition) is 3. The van der Waals surface area contributed by atoms with Crippen molar-refractivity contribution < 1.29 is 9.53 Å². The van der Waals surface area contributed by atoms with Gasteiger partial charge in [0.1, 0.15) is 0 Å². The van der Waals surface area contributed by atoms with Crippen molar-refractivity contribution in [1.29, 1.82) is 0 Å². The van der Waals surface area contributed by atoms with E-state index in [-0.39, 0.29) is 5.91 Å². The summed E-state index contributed by atoms with van der Waals surface area (Å²) < 4.78 is 5.19. The van der Waals surface area contributed by atoms with Gasteiger partial charge in [-0.2, -0.15) is 0 Å². The van der Waals surface area contributed by atoms with Crippen LogP contribution in [0.15, 0.2) is 18.2 Å². The third-order valence-electron chi connectivity index (χ3n) is 2.34. The monoisotopic (exact) mass is 256 g/mol. The van der Waals surface area contributed by atoms with Crippen LogP contribution in [-0.4, -0.2) is 37.6 Å². The van der Waals surface area contributed by atoms with Crippen LogP contribution in [-0.2, 0) is 4.74 Å². The Bertz CT molecular complexity index is 396. The van der Waals surface area contributed by atoms with E-state index in [2.05, 4.69) is 0 Å². The van der Waals surface area contributed by atoms with Crippen LogP contribution in [0.1, 0.15) is 17.3 Å². The second kappa shape index (κ2) is 6.47. The number of carbonyl (C=O) groups excluding carboxylic acids is 1. The van der Waals surface area contributed by atoms with Crippen molar-refractivity contribution in [3.8, 4) is 0 Å². The van der Waals surface area contributed by atoms with Gasteiger partial charge in [-0.25, -0.2) is 0 Å². The van der Waals surface area contributed by atoms with Crippen LogP contribution in [0.4, 0.5) is 5.69 Å². The molecule has 4 nitrogen and oxygen atoms in total. The van der Waals surface area contributed by atoms with Gasteiger partial charge in [-0.1, -0.05) is 11.6 Å². The second-order valence-corrected chi connectivity index (χ2v) is 4.07. The van der Waals surface area contributed by atoms with Crippen LogP contribution >= 0.6 is 11.6 Å². The molecule has 0 fully saturated rings. The summed E-state index contributed by atoms with van der Waals surface area (Å²) in [5.41, 5.74) is 6.58. The normalized spacial score (nSPS) is 10.3. The van der Waals surface area contributed by atoms with Crippen molar-refractivity contribution in [2.75, 3.05) is 32.5 Å². The third kappa shape index (κ3) is 3.91. The van der Waals surface area contributed by atoms with E-state index in [0.29, 0.717) is 36.0 Å². The molecule has 0 atom stereocenters. The van der Waals surface area contributed by atoms with Crippen LogP contribution in [0.2, 0.25) is 5.02 Å². The number of likely N-dealkylation sites (N-methyl/N-ethyl adjacent to an activating group) is 1. The summed E-state index contributed by atoms with van der Waals surface area (Å²) in [6.45, 7) is 3.59. The molecule has 1 amide bonds. The Balaban J connectivity index is 2.71. The Kier molecular flexibility index (Phi) is 5.25. The van der Waals surface area contributed by atoms with E-state index < -0.39 is 0 Å². The number of ether oxygens (including phenoxy) is 1. The number of halogens is 1. The highest BCUT2D eigenvalue weighted by Gasteiger charge is 2.15. The van der Waals surface area contributed by atoms with Gasteiger partial charge in [0.15, 0.2) is 0 Å². The Morgan fingerprint density at radius 1 is 1.53 bits per heavy atom. The maximum atomic E-state index is 12.0. The molecule has 2 N–H and O–H groups in total. The van der Waals surface area contributed by atoms with Gasteiger partial charge >= 0.3 is 0 Å². The SMILES string of the molecule is CCOCCN(C)C(=O)c1cc(N)ccc1Cl. The summed E-state index contributed by atoms with van der Waals surface area (Å²) in [7, 11) is 1.71. The van der Waals surface area contributed by atoms with E-state index in [1.807, 2.05) is 6.92 Å². The number of nitrogens with zero attached hydrogens (tertiary/aromatic N) is 1. The number of nitrogens with two attached hydrogens (primary N) is 1. The molecule has 94 valence electrons. The van der Waals surface area contributed by atoms with Crippen molar-refractivity contribution >= 4 is 23.2 Å². The minimum absolute atomic E-state index is 0.151. The summed E-state index contributed by atoms with van der Waals surface area (Å²) in [5, 5.41) is 0.410. The average molecular weight is 257 g/mol. The van der Waals surface area contributed by atoms with Gasteiger partial charge in [0, 0.05) is 25.9 Å². The summed E-state index contributed by atoms with van der Waals surface area (Å²) in [6, 6.07) is 4.88. The first kappa shape index (κ1) is 13.8. The topological polar surface area (TPSA) is 55.6 Å². The maximum absolute atomic E-state index is 12.0. The molecule has 0 aliphatic carbocycles. The van der Waals surface area contributed by atoms with Gasteiger partial charge in [-0.3, -0.25) is 4.79 Å². The number of carbonyl (C=O) groups is 1.